The van der Waals surface area contributed by atoms with Crippen LogP contribution >= 0.6 is 22.6 Å². The van der Waals surface area contributed by atoms with Crippen molar-refractivity contribution in [2.75, 3.05) is 38.8 Å². The summed E-state index contributed by atoms with van der Waals surface area (Å²) < 4.78 is 20.1. The number of aryl methyl sites for hydroxylation is 1. The van der Waals surface area contributed by atoms with E-state index < -0.39 is 0 Å². The minimum Gasteiger partial charge on any atom is -0.493 e. The van der Waals surface area contributed by atoms with Crippen LogP contribution in [0.5, 0.6) is 17.2 Å². The summed E-state index contributed by atoms with van der Waals surface area (Å²) in [5.41, 5.74) is 3.70. The number of anilines is 1. The summed E-state index contributed by atoms with van der Waals surface area (Å²) in [6, 6.07) is 7.60. The summed E-state index contributed by atoms with van der Waals surface area (Å²) in [4.78, 5) is 36.8. The highest BCUT2D eigenvalue weighted by Crippen LogP contribution is 2.39. The highest BCUT2D eigenvalue weighted by molar-refractivity contribution is 14.1. The molecular formula is C32H34AlIN4O5. The van der Waals surface area contributed by atoms with E-state index in [1.54, 1.807) is 24.1 Å². The second kappa shape index (κ2) is 12.5. The van der Waals surface area contributed by atoms with E-state index in [9.17, 15) is 9.59 Å². The zero-order valence-corrected chi connectivity index (χ0v) is 28.0. The van der Waals surface area contributed by atoms with E-state index in [1.165, 1.54) is 0 Å². The second-order valence-corrected chi connectivity index (χ2v) is 13.5. The van der Waals surface area contributed by atoms with Gasteiger partial charge in [-0.2, -0.15) is 0 Å². The lowest BCUT2D eigenvalue weighted by Gasteiger charge is -2.24. The largest absolute Gasteiger partial charge is 0.493 e. The molecule has 2 atom stereocenters. The predicted molar refractivity (Wildman–Crippen MR) is 176 cm³/mol. The summed E-state index contributed by atoms with van der Waals surface area (Å²) in [6.45, 7) is 3.86. The van der Waals surface area contributed by atoms with Gasteiger partial charge in [0.25, 0.3) is 11.8 Å². The van der Waals surface area contributed by atoms with E-state index >= 15 is 0 Å². The molecule has 0 bridgehead atoms. The number of halogens is 1. The molecule has 0 spiro atoms. The Kier molecular flexibility index (Phi) is 8.76. The Balaban J connectivity index is 1.02. The van der Waals surface area contributed by atoms with Gasteiger partial charge in [-0.05, 0) is 79.1 Å². The Morgan fingerprint density at radius 1 is 0.930 bits per heavy atom. The maximum Gasteiger partial charge on any atom is 0.260 e. The van der Waals surface area contributed by atoms with Crippen molar-refractivity contribution in [1.82, 2.24) is 9.80 Å². The Morgan fingerprint density at radius 3 is 2.44 bits per heavy atom. The third kappa shape index (κ3) is 6.04. The molecule has 9 nitrogen and oxygen atoms in total. The van der Waals surface area contributed by atoms with Crippen molar-refractivity contribution in [3.05, 3.63) is 61.4 Å². The van der Waals surface area contributed by atoms with E-state index in [4.69, 9.17) is 14.2 Å². The zero-order chi connectivity index (χ0) is 30.2. The number of carbonyl (C=O) groups excluding carboxylic acids is 2. The molecule has 11 heteroatoms. The molecule has 6 rings (SSSR count). The van der Waals surface area contributed by atoms with Gasteiger partial charge in [0.05, 0.1) is 54.9 Å². The molecule has 0 saturated carbocycles. The number of rotatable bonds is 9. The molecule has 222 valence electrons. The maximum absolute atomic E-state index is 13.3. The van der Waals surface area contributed by atoms with Crippen molar-refractivity contribution in [2.45, 2.75) is 51.1 Å². The molecule has 4 aliphatic rings. The quantitative estimate of drug-likeness (QED) is 0.194. The van der Waals surface area contributed by atoms with E-state index in [0.717, 1.165) is 69.2 Å². The van der Waals surface area contributed by atoms with Crippen LogP contribution in [0.4, 0.5) is 11.4 Å². The fourth-order valence-electron chi connectivity index (χ4n) is 6.04. The molecule has 0 saturated heterocycles. The number of hydrogen-bond acceptors (Lipinski definition) is 7. The minimum absolute atomic E-state index is 0.0493. The number of fused-ring (bicyclic) bond motifs is 4. The van der Waals surface area contributed by atoms with Crippen molar-refractivity contribution < 1.29 is 23.8 Å². The molecule has 4 heterocycles. The Bertz CT molecular complexity index is 1560. The van der Waals surface area contributed by atoms with Gasteiger partial charge in [0.1, 0.15) is 5.75 Å². The van der Waals surface area contributed by atoms with Crippen LogP contribution in [-0.4, -0.2) is 90.1 Å². The Hall–Kier alpha value is -3.01. The SMILES string of the molecule is COc1cc2c(cc1OCCCCCOc1cc3c(cc1C)C(=O)N1C=[C]([Al])C[C@H]1CN3C)N=C[C@@H]1CC(I)=CN1C2=O. The van der Waals surface area contributed by atoms with E-state index in [1.807, 2.05) is 49.6 Å². The van der Waals surface area contributed by atoms with Gasteiger partial charge < -0.3 is 28.9 Å². The predicted octanol–water partition coefficient (Wildman–Crippen LogP) is 5.51. The number of likely N-dealkylation sites (N-methyl/N-ethyl adjacent to an activating group) is 1. The number of carbonyl (C=O) groups is 2. The Morgan fingerprint density at radius 2 is 1.67 bits per heavy atom. The number of amides is 2. The van der Waals surface area contributed by atoms with Gasteiger partial charge in [-0.25, -0.2) is 0 Å². The molecule has 43 heavy (non-hydrogen) atoms. The van der Waals surface area contributed by atoms with Crippen LogP contribution < -0.4 is 19.1 Å². The van der Waals surface area contributed by atoms with Gasteiger partial charge in [0, 0.05) is 48.1 Å². The zero-order valence-electron chi connectivity index (χ0n) is 24.6. The molecule has 0 aromatic heterocycles. The highest BCUT2D eigenvalue weighted by atomic mass is 127. The lowest BCUT2D eigenvalue weighted by Crippen LogP contribution is -2.37. The number of methoxy groups -OCH3 is 1. The van der Waals surface area contributed by atoms with Gasteiger partial charge >= 0.3 is 0 Å². The molecule has 2 amide bonds. The molecule has 0 N–H and O–H groups in total. The van der Waals surface area contributed by atoms with Gasteiger partial charge in [0.15, 0.2) is 27.8 Å². The first kappa shape index (κ1) is 30.0. The average molecular weight is 709 g/mol. The average Bonchev–Trinajstić information content (AvgIpc) is 3.50. The fourth-order valence-corrected chi connectivity index (χ4v) is 7.22. The molecule has 2 aromatic carbocycles. The van der Waals surface area contributed by atoms with E-state index in [0.29, 0.717) is 36.0 Å². The lowest BCUT2D eigenvalue weighted by molar-refractivity contribution is 0.0793. The van der Waals surface area contributed by atoms with E-state index in [-0.39, 0.29) is 23.9 Å². The number of aliphatic imine (C=N–C) groups is 1. The molecule has 2 radical (unpaired) electrons. The number of nitrogens with zero attached hydrogens (tertiary/aromatic N) is 4. The third-order valence-electron chi connectivity index (χ3n) is 8.30. The van der Waals surface area contributed by atoms with Crippen LogP contribution in [0.25, 0.3) is 0 Å². The van der Waals surface area contributed by atoms with Crippen LogP contribution in [-0.2, 0) is 0 Å². The summed E-state index contributed by atoms with van der Waals surface area (Å²) in [7, 11) is 3.62. The monoisotopic (exact) mass is 708 g/mol. The van der Waals surface area contributed by atoms with Crippen LogP contribution in [0.3, 0.4) is 0 Å². The number of benzene rings is 2. The molecule has 2 aromatic rings. The second-order valence-electron chi connectivity index (χ2n) is 11.4. The first-order valence-corrected chi connectivity index (χ1v) is 16.2. The minimum atomic E-state index is -0.0799. The maximum atomic E-state index is 13.3. The summed E-state index contributed by atoms with van der Waals surface area (Å²) in [5.74, 6) is 1.89. The summed E-state index contributed by atoms with van der Waals surface area (Å²) in [5, 5.41) is 0. The number of hydrogen-bond donors (Lipinski definition) is 0. The van der Waals surface area contributed by atoms with Crippen molar-refractivity contribution in [3.8, 4) is 17.2 Å². The van der Waals surface area contributed by atoms with Crippen LogP contribution in [0.15, 0.2) is 49.7 Å². The normalized spacial score (nSPS) is 20.5. The first-order chi connectivity index (χ1) is 20.7. The van der Waals surface area contributed by atoms with Gasteiger partial charge in [0.2, 0.25) is 0 Å². The fraction of sp³-hybridized carbons (Fsp3) is 0.406. The lowest BCUT2D eigenvalue weighted by atomic mass is 10.1. The van der Waals surface area contributed by atoms with Crippen LogP contribution in [0.2, 0.25) is 0 Å². The third-order valence-corrected chi connectivity index (χ3v) is 9.40. The Labute approximate surface area is 274 Å². The van der Waals surface area contributed by atoms with Gasteiger partial charge in [-0.1, -0.05) is 0 Å². The van der Waals surface area contributed by atoms with Crippen molar-refractivity contribution in [2.24, 2.45) is 4.99 Å². The van der Waals surface area contributed by atoms with Crippen molar-refractivity contribution in [1.29, 1.82) is 0 Å². The van der Waals surface area contributed by atoms with Crippen LogP contribution in [0.1, 0.15) is 58.4 Å². The topological polar surface area (TPSA) is 83.9 Å². The highest BCUT2D eigenvalue weighted by Gasteiger charge is 2.35. The number of unbranched alkanes of at least 4 members (excludes halogenated alkanes) is 2. The van der Waals surface area contributed by atoms with Crippen molar-refractivity contribution >= 4 is 68.3 Å². The van der Waals surface area contributed by atoms with Crippen molar-refractivity contribution in [3.63, 3.8) is 0 Å². The molecule has 4 aliphatic heterocycles. The number of ether oxygens (including phenoxy) is 3. The first-order valence-electron chi connectivity index (χ1n) is 14.6. The standard InChI is InChI=1S/C32H34IN4O5.Al/c1-20-12-25-27(35(2)19-22-8-7-9-36(22)32(25)39)16-28(20)41-10-5-4-6-11-42-30-15-26-24(14-29(30)40-3)31(38)37-18-21(33)13-23(37)17-34-26;/h9,12,14-18,22-23H,4-6,8,10-11,13,19H2,1-3H3;/t22-,23-;/m0./s1. The molecule has 0 aliphatic carbocycles. The van der Waals surface area contributed by atoms with Gasteiger partial charge in [-0.3, -0.25) is 14.6 Å². The van der Waals surface area contributed by atoms with E-state index in [2.05, 4.69) is 48.8 Å². The smallest absolute Gasteiger partial charge is 0.260 e. The summed E-state index contributed by atoms with van der Waals surface area (Å²) >= 11 is 5.00. The van der Waals surface area contributed by atoms with Gasteiger partial charge in [-0.15, -0.1) is 4.44 Å². The molecule has 0 fully saturated rings. The molecule has 0 unspecified atom stereocenters. The molecular weight excluding hydrogens is 674 g/mol. The van der Waals surface area contributed by atoms with Crippen LogP contribution in [0, 0.1) is 6.92 Å². The summed E-state index contributed by atoms with van der Waals surface area (Å²) in [6.07, 6.45) is 9.99.